The lowest BCUT2D eigenvalue weighted by Crippen LogP contribution is -2.45. The molecule has 0 aromatic rings. The van der Waals surface area contributed by atoms with Gasteiger partial charge in [-0.2, -0.15) is 0 Å². The fourth-order valence-electron chi connectivity index (χ4n) is 2.60. The fraction of sp³-hybridized carbons (Fsp3) is 0.933. The molecule has 1 aliphatic carbocycles. The number of amides is 1. The largest absolute Gasteiger partial charge is 0.343 e. The van der Waals surface area contributed by atoms with E-state index in [2.05, 4.69) is 27.7 Å². The summed E-state index contributed by atoms with van der Waals surface area (Å²) in [4.78, 5) is 14.2. The maximum atomic E-state index is 12.3. The Bertz CT molecular complexity index is 283. The number of nitrogens with zero attached hydrogens (tertiary/aromatic N) is 1. The van der Waals surface area contributed by atoms with E-state index in [-0.39, 0.29) is 17.4 Å². The summed E-state index contributed by atoms with van der Waals surface area (Å²) >= 11 is 0. The van der Waals surface area contributed by atoms with Crippen LogP contribution in [0.2, 0.25) is 0 Å². The van der Waals surface area contributed by atoms with Gasteiger partial charge >= 0.3 is 0 Å². The number of nitrogens with two attached hydrogens (primary N) is 1. The number of hydrogen-bond acceptors (Lipinski definition) is 2. The molecule has 1 fully saturated rings. The predicted octanol–water partition coefficient (Wildman–Crippen LogP) is 2.79. The second kappa shape index (κ2) is 6.05. The lowest BCUT2D eigenvalue weighted by atomic mass is 9.84. The molecule has 3 atom stereocenters. The van der Waals surface area contributed by atoms with Crippen LogP contribution in [0.15, 0.2) is 0 Å². The lowest BCUT2D eigenvalue weighted by molar-refractivity contribution is -0.133. The van der Waals surface area contributed by atoms with Gasteiger partial charge in [0.2, 0.25) is 5.91 Å². The van der Waals surface area contributed by atoms with Gasteiger partial charge in [-0.05, 0) is 24.2 Å². The van der Waals surface area contributed by atoms with Crippen molar-refractivity contribution in [2.45, 2.75) is 71.9 Å². The number of carbonyl (C=O) groups is 1. The molecule has 3 heteroatoms. The van der Waals surface area contributed by atoms with Crippen LogP contribution in [-0.4, -0.2) is 29.9 Å². The summed E-state index contributed by atoms with van der Waals surface area (Å²) in [5.41, 5.74) is 6.10. The number of hydrogen-bond donors (Lipinski definition) is 1. The number of carbonyl (C=O) groups excluding carboxylic acids is 1. The highest BCUT2D eigenvalue weighted by Crippen LogP contribution is 2.28. The highest BCUT2D eigenvalue weighted by Gasteiger charge is 2.29. The summed E-state index contributed by atoms with van der Waals surface area (Å²) in [5.74, 6) is 0.951. The van der Waals surface area contributed by atoms with Gasteiger partial charge in [0.05, 0.1) is 0 Å². The van der Waals surface area contributed by atoms with Crippen LogP contribution >= 0.6 is 0 Å². The quantitative estimate of drug-likeness (QED) is 0.842. The molecule has 0 spiro atoms. The molecule has 0 radical (unpaired) electrons. The van der Waals surface area contributed by atoms with Gasteiger partial charge < -0.3 is 10.6 Å². The van der Waals surface area contributed by atoms with Crippen molar-refractivity contribution in [1.29, 1.82) is 0 Å². The van der Waals surface area contributed by atoms with Crippen molar-refractivity contribution < 1.29 is 4.79 Å². The highest BCUT2D eigenvalue weighted by atomic mass is 16.2. The Morgan fingerprint density at radius 1 is 1.39 bits per heavy atom. The minimum absolute atomic E-state index is 0.00361. The molecule has 1 saturated carbocycles. The summed E-state index contributed by atoms with van der Waals surface area (Å²) in [6.45, 7) is 8.56. The summed E-state index contributed by atoms with van der Waals surface area (Å²) in [6.07, 6.45) is 5.31. The van der Waals surface area contributed by atoms with Crippen molar-refractivity contribution in [3.63, 3.8) is 0 Å². The van der Waals surface area contributed by atoms with Crippen molar-refractivity contribution >= 4 is 5.91 Å². The van der Waals surface area contributed by atoms with Crippen molar-refractivity contribution in [1.82, 2.24) is 4.90 Å². The fourth-order valence-corrected chi connectivity index (χ4v) is 2.60. The van der Waals surface area contributed by atoms with Crippen LogP contribution < -0.4 is 5.73 Å². The van der Waals surface area contributed by atoms with E-state index in [0.29, 0.717) is 12.5 Å². The van der Waals surface area contributed by atoms with Gasteiger partial charge in [0.1, 0.15) is 0 Å². The molecule has 3 nitrogen and oxygen atoms in total. The maximum absolute atomic E-state index is 12.3. The van der Waals surface area contributed by atoms with Crippen molar-refractivity contribution in [2.75, 3.05) is 7.05 Å². The van der Waals surface area contributed by atoms with E-state index >= 15 is 0 Å². The molecule has 1 aliphatic rings. The van der Waals surface area contributed by atoms with Crippen LogP contribution in [0.4, 0.5) is 0 Å². The van der Waals surface area contributed by atoms with Gasteiger partial charge in [-0.15, -0.1) is 0 Å². The van der Waals surface area contributed by atoms with Crippen molar-refractivity contribution in [2.24, 2.45) is 17.1 Å². The van der Waals surface area contributed by atoms with E-state index in [1.165, 1.54) is 12.8 Å². The molecule has 2 N–H and O–H groups in total. The highest BCUT2D eigenvalue weighted by molar-refractivity contribution is 5.77. The van der Waals surface area contributed by atoms with E-state index in [9.17, 15) is 4.79 Å². The Morgan fingerprint density at radius 3 is 2.50 bits per heavy atom. The normalized spacial score (nSPS) is 26.8. The molecule has 18 heavy (non-hydrogen) atoms. The molecule has 3 unspecified atom stereocenters. The van der Waals surface area contributed by atoms with Crippen LogP contribution in [0.1, 0.15) is 59.8 Å². The topological polar surface area (TPSA) is 46.3 Å². The van der Waals surface area contributed by atoms with Crippen LogP contribution in [0.25, 0.3) is 0 Å². The van der Waals surface area contributed by atoms with Crippen LogP contribution in [0.3, 0.4) is 0 Å². The van der Waals surface area contributed by atoms with Crippen LogP contribution in [-0.2, 0) is 4.79 Å². The first kappa shape index (κ1) is 15.5. The Kier molecular flexibility index (Phi) is 5.20. The molecular formula is C15H30N2O. The molecular weight excluding hydrogens is 224 g/mol. The SMILES string of the molecule is CC1CCCC(N(C)C(=O)CC(N)C(C)(C)C)C1. The minimum atomic E-state index is -0.0616. The summed E-state index contributed by atoms with van der Waals surface area (Å²) < 4.78 is 0. The van der Waals surface area contributed by atoms with E-state index in [0.717, 1.165) is 18.8 Å². The monoisotopic (exact) mass is 254 g/mol. The average molecular weight is 254 g/mol. The minimum Gasteiger partial charge on any atom is -0.343 e. The molecule has 0 aromatic carbocycles. The Labute approximate surface area is 112 Å². The molecule has 0 heterocycles. The molecule has 0 aromatic heterocycles. The molecule has 0 bridgehead atoms. The first-order valence-electron chi connectivity index (χ1n) is 7.23. The third-order valence-electron chi connectivity index (χ3n) is 4.36. The van der Waals surface area contributed by atoms with Crippen molar-refractivity contribution in [3.05, 3.63) is 0 Å². The average Bonchev–Trinajstić information content (AvgIpc) is 2.26. The summed E-state index contributed by atoms with van der Waals surface area (Å²) in [5, 5.41) is 0. The van der Waals surface area contributed by atoms with Crippen LogP contribution in [0.5, 0.6) is 0 Å². The van der Waals surface area contributed by atoms with Gasteiger partial charge in [0.25, 0.3) is 0 Å². The van der Waals surface area contributed by atoms with Gasteiger partial charge in [-0.25, -0.2) is 0 Å². The van der Waals surface area contributed by atoms with Gasteiger partial charge in [-0.3, -0.25) is 4.79 Å². The van der Waals surface area contributed by atoms with Gasteiger partial charge in [0, 0.05) is 25.6 Å². The molecule has 1 amide bonds. The zero-order valence-corrected chi connectivity index (χ0v) is 12.7. The van der Waals surface area contributed by atoms with Crippen molar-refractivity contribution in [3.8, 4) is 0 Å². The first-order valence-corrected chi connectivity index (χ1v) is 7.23. The van der Waals surface area contributed by atoms with E-state index in [1.807, 2.05) is 11.9 Å². The molecule has 106 valence electrons. The second-order valence-electron chi connectivity index (χ2n) is 7.11. The summed E-state index contributed by atoms with van der Waals surface area (Å²) in [6, 6.07) is 0.363. The van der Waals surface area contributed by atoms with E-state index < -0.39 is 0 Å². The molecule has 1 rings (SSSR count). The first-order chi connectivity index (χ1) is 8.21. The summed E-state index contributed by atoms with van der Waals surface area (Å²) in [7, 11) is 1.94. The zero-order valence-electron chi connectivity index (χ0n) is 12.7. The zero-order chi connectivity index (χ0) is 13.9. The second-order valence-corrected chi connectivity index (χ2v) is 7.11. The predicted molar refractivity (Wildman–Crippen MR) is 76.2 cm³/mol. The van der Waals surface area contributed by atoms with E-state index in [4.69, 9.17) is 5.73 Å². The number of rotatable bonds is 3. The third-order valence-corrected chi connectivity index (χ3v) is 4.36. The Balaban J connectivity index is 2.50. The van der Waals surface area contributed by atoms with Gasteiger partial charge in [-0.1, -0.05) is 40.5 Å². The smallest absolute Gasteiger partial charge is 0.224 e. The maximum Gasteiger partial charge on any atom is 0.224 e. The van der Waals surface area contributed by atoms with E-state index in [1.54, 1.807) is 0 Å². The Morgan fingerprint density at radius 2 is 2.00 bits per heavy atom. The standard InChI is InChI=1S/C15H30N2O/c1-11-7-6-8-12(9-11)17(5)14(18)10-13(16)15(2,3)4/h11-13H,6-10,16H2,1-5H3. The van der Waals surface area contributed by atoms with Crippen LogP contribution in [0, 0.1) is 11.3 Å². The van der Waals surface area contributed by atoms with Gasteiger partial charge in [0.15, 0.2) is 0 Å². The lowest BCUT2D eigenvalue weighted by Gasteiger charge is -2.36. The third kappa shape index (κ3) is 4.27. The Hall–Kier alpha value is -0.570. The molecule has 0 aliphatic heterocycles. The molecule has 0 saturated heterocycles.